The molecule has 2 atom stereocenters. The predicted octanol–water partition coefficient (Wildman–Crippen LogP) is 1.55. The van der Waals surface area contributed by atoms with Gasteiger partial charge in [0.05, 0.1) is 11.0 Å². The summed E-state index contributed by atoms with van der Waals surface area (Å²) >= 11 is 0. The molecule has 1 aliphatic heterocycles. The molecular weight excluding hydrogens is 276 g/mol. The van der Waals surface area contributed by atoms with Crippen LogP contribution in [0, 0.1) is 0 Å². The van der Waals surface area contributed by atoms with Gasteiger partial charge >= 0.3 is 0 Å². The van der Waals surface area contributed by atoms with Gasteiger partial charge in [0, 0.05) is 19.2 Å². The van der Waals surface area contributed by atoms with E-state index in [0.717, 1.165) is 24.8 Å². The highest BCUT2D eigenvalue weighted by Gasteiger charge is 2.20. The second-order valence-electron chi connectivity index (χ2n) is 5.07. The quantitative estimate of drug-likeness (QED) is 0.835. The first-order valence-electron chi connectivity index (χ1n) is 6.99. The zero-order valence-electron chi connectivity index (χ0n) is 11.7. The summed E-state index contributed by atoms with van der Waals surface area (Å²) in [5.74, 6) is 0. The van der Waals surface area contributed by atoms with E-state index in [2.05, 4.69) is 4.72 Å². The van der Waals surface area contributed by atoms with Crippen molar-refractivity contribution >= 4 is 10.0 Å². The maximum Gasteiger partial charge on any atom is 0.240 e. The van der Waals surface area contributed by atoms with Gasteiger partial charge in [0.25, 0.3) is 0 Å². The highest BCUT2D eigenvalue weighted by Crippen LogP contribution is 2.18. The lowest BCUT2D eigenvalue weighted by molar-refractivity contribution is 0.114. The van der Waals surface area contributed by atoms with Crippen molar-refractivity contribution < 1.29 is 13.2 Å². The van der Waals surface area contributed by atoms with Crippen molar-refractivity contribution in [3.63, 3.8) is 0 Å². The topological polar surface area (TPSA) is 81.4 Å². The Hall–Kier alpha value is -0.950. The Balaban J connectivity index is 2.08. The second kappa shape index (κ2) is 6.67. The van der Waals surface area contributed by atoms with Crippen LogP contribution in [0.1, 0.15) is 37.8 Å². The number of sulfonamides is 1. The van der Waals surface area contributed by atoms with E-state index in [0.29, 0.717) is 13.2 Å². The van der Waals surface area contributed by atoms with E-state index in [4.69, 9.17) is 10.5 Å². The zero-order chi connectivity index (χ0) is 14.6. The van der Waals surface area contributed by atoms with E-state index in [1.54, 1.807) is 18.2 Å². The molecule has 1 fully saturated rings. The number of rotatable bonds is 6. The van der Waals surface area contributed by atoms with Crippen molar-refractivity contribution in [2.45, 2.75) is 43.2 Å². The van der Waals surface area contributed by atoms with E-state index >= 15 is 0 Å². The lowest BCUT2D eigenvalue weighted by atomic mass is 10.1. The first kappa shape index (κ1) is 15.4. The molecule has 0 radical (unpaired) electrons. The van der Waals surface area contributed by atoms with Crippen LogP contribution in [0.15, 0.2) is 29.2 Å². The Bertz CT molecular complexity index is 539. The van der Waals surface area contributed by atoms with Crippen molar-refractivity contribution in [3.05, 3.63) is 29.8 Å². The van der Waals surface area contributed by atoms with Crippen molar-refractivity contribution in [1.82, 2.24) is 4.72 Å². The average molecular weight is 298 g/mol. The Morgan fingerprint density at radius 2 is 2.30 bits per heavy atom. The van der Waals surface area contributed by atoms with Gasteiger partial charge in [-0.15, -0.1) is 0 Å². The summed E-state index contributed by atoms with van der Waals surface area (Å²) < 4.78 is 32.5. The molecule has 0 spiro atoms. The Labute approximate surface area is 120 Å². The monoisotopic (exact) mass is 298 g/mol. The largest absolute Gasteiger partial charge is 0.377 e. The van der Waals surface area contributed by atoms with Gasteiger partial charge in [-0.25, -0.2) is 13.1 Å². The second-order valence-corrected chi connectivity index (χ2v) is 6.84. The van der Waals surface area contributed by atoms with E-state index < -0.39 is 10.0 Å². The number of hydrogen-bond donors (Lipinski definition) is 2. The molecule has 1 aromatic carbocycles. The molecule has 1 heterocycles. The average Bonchev–Trinajstić information content (AvgIpc) is 2.98. The maximum absolute atomic E-state index is 12.2. The van der Waals surface area contributed by atoms with Gasteiger partial charge in [0.15, 0.2) is 0 Å². The van der Waals surface area contributed by atoms with Crippen LogP contribution >= 0.6 is 0 Å². The Morgan fingerprint density at radius 1 is 1.50 bits per heavy atom. The fraction of sp³-hybridized carbons (Fsp3) is 0.571. The number of benzene rings is 1. The molecule has 0 saturated carbocycles. The van der Waals surface area contributed by atoms with Crippen molar-refractivity contribution in [1.29, 1.82) is 0 Å². The van der Waals surface area contributed by atoms with E-state index in [9.17, 15) is 8.42 Å². The van der Waals surface area contributed by atoms with Crippen LogP contribution in [-0.2, 0) is 14.8 Å². The van der Waals surface area contributed by atoms with Gasteiger partial charge in [-0.3, -0.25) is 0 Å². The van der Waals surface area contributed by atoms with Crippen LogP contribution in [0.3, 0.4) is 0 Å². The summed E-state index contributed by atoms with van der Waals surface area (Å²) in [6.45, 7) is 3.02. The molecule has 3 N–H and O–H groups in total. The first-order valence-corrected chi connectivity index (χ1v) is 8.48. The standard InChI is InChI=1S/C14H22N2O3S/c1-2-14(15)11-5-3-7-13(9-11)20(17,18)16-10-12-6-4-8-19-12/h3,5,7,9,12,14,16H,2,4,6,8,10,15H2,1H3. The van der Waals surface area contributed by atoms with Crippen LogP contribution < -0.4 is 10.5 Å². The fourth-order valence-electron chi connectivity index (χ4n) is 2.24. The minimum Gasteiger partial charge on any atom is -0.377 e. The third-order valence-electron chi connectivity index (χ3n) is 3.56. The Kier molecular flexibility index (Phi) is 5.15. The fourth-order valence-corrected chi connectivity index (χ4v) is 3.36. The van der Waals surface area contributed by atoms with Crippen LogP contribution in [0.4, 0.5) is 0 Å². The summed E-state index contributed by atoms with van der Waals surface area (Å²) in [4.78, 5) is 0.261. The van der Waals surface area contributed by atoms with Crippen LogP contribution in [-0.4, -0.2) is 27.7 Å². The van der Waals surface area contributed by atoms with Gasteiger partial charge < -0.3 is 10.5 Å². The molecule has 1 aromatic rings. The molecule has 0 bridgehead atoms. The number of ether oxygens (including phenoxy) is 1. The molecule has 0 aliphatic carbocycles. The summed E-state index contributed by atoms with van der Waals surface area (Å²) in [6, 6.07) is 6.68. The summed E-state index contributed by atoms with van der Waals surface area (Å²) in [7, 11) is -3.50. The van der Waals surface area contributed by atoms with Gasteiger partial charge in [-0.05, 0) is 37.0 Å². The van der Waals surface area contributed by atoms with Crippen LogP contribution in [0.25, 0.3) is 0 Å². The molecule has 0 aromatic heterocycles. The number of nitrogens with two attached hydrogens (primary N) is 1. The number of hydrogen-bond acceptors (Lipinski definition) is 4. The maximum atomic E-state index is 12.2. The molecular formula is C14H22N2O3S. The van der Waals surface area contributed by atoms with E-state index in [1.165, 1.54) is 0 Å². The van der Waals surface area contributed by atoms with Crippen molar-refractivity contribution in [2.24, 2.45) is 5.73 Å². The van der Waals surface area contributed by atoms with Gasteiger partial charge in [0.1, 0.15) is 0 Å². The first-order chi connectivity index (χ1) is 9.53. The molecule has 20 heavy (non-hydrogen) atoms. The molecule has 2 unspecified atom stereocenters. The van der Waals surface area contributed by atoms with Crippen LogP contribution in [0.2, 0.25) is 0 Å². The molecule has 5 nitrogen and oxygen atoms in total. The van der Waals surface area contributed by atoms with Crippen molar-refractivity contribution in [2.75, 3.05) is 13.2 Å². The van der Waals surface area contributed by atoms with E-state index in [-0.39, 0.29) is 17.0 Å². The van der Waals surface area contributed by atoms with Gasteiger partial charge in [-0.1, -0.05) is 19.1 Å². The van der Waals surface area contributed by atoms with Crippen molar-refractivity contribution in [3.8, 4) is 0 Å². The minimum atomic E-state index is -3.50. The lowest BCUT2D eigenvalue weighted by Gasteiger charge is -2.13. The minimum absolute atomic E-state index is 0.00847. The SMILES string of the molecule is CCC(N)c1cccc(S(=O)(=O)NCC2CCCO2)c1. The summed E-state index contributed by atoms with van der Waals surface area (Å²) in [6.07, 6.45) is 2.66. The third kappa shape index (κ3) is 3.79. The lowest BCUT2D eigenvalue weighted by Crippen LogP contribution is -2.31. The summed E-state index contributed by atoms with van der Waals surface area (Å²) in [5.41, 5.74) is 6.78. The Morgan fingerprint density at radius 3 is 2.95 bits per heavy atom. The molecule has 6 heteroatoms. The molecule has 0 amide bonds. The van der Waals surface area contributed by atoms with Gasteiger partial charge in [0.2, 0.25) is 10.0 Å². The molecule has 1 saturated heterocycles. The smallest absolute Gasteiger partial charge is 0.240 e. The summed E-state index contributed by atoms with van der Waals surface area (Å²) in [5, 5.41) is 0. The third-order valence-corrected chi connectivity index (χ3v) is 4.98. The highest BCUT2D eigenvalue weighted by molar-refractivity contribution is 7.89. The normalized spacial score (nSPS) is 21.0. The van der Waals surface area contributed by atoms with Gasteiger partial charge in [-0.2, -0.15) is 0 Å². The highest BCUT2D eigenvalue weighted by atomic mass is 32.2. The zero-order valence-corrected chi connectivity index (χ0v) is 12.5. The predicted molar refractivity (Wildman–Crippen MR) is 77.8 cm³/mol. The number of nitrogens with one attached hydrogen (secondary N) is 1. The van der Waals surface area contributed by atoms with E-state index in [1.807, 2.05) is 13.0 Å². The molecule has 2 rings (SSSR count). The van der Waals surface area contributed by atoms with Crippen LogP contribution in [0.5, 0.6) is 0 Å². The molecule has 1 aliphatic rings. The molecule has 112 valence electrons.